The lowest BCUT2D eigenvalue weighted by Crippen LogP contribution is -2.25. The van der Waals surface area contributed by atoms with Gasteiger partial charge in [-0.05, 0) is 11.6 Å². The smallest absolute Gasteiger partial charge is 0.265 e. The fraction of sp³-hybridized carbons (Fsp3) is 0.211. The number of rotatable bonds is 5. The maximum Gasteiger partial charge on any atom is 0.265 e. The van der Waals surface area contributed by atoms with Crippen molar-refractivity contribution in [2.75, 3.05) is 21.3 Å². The molecule has 0 unspecified atom stereocenters. The Bertz CT molecular complexity index is 908. The standard InChI is InChI=1S/C19H18ClNO3S/c1-21(11-12-7-5-4-6-8-12)19(22)18-17(20)13-9-14(23-2)15(24-3)10-16(13)25-18/h4-10H,11H2,1-3H3. The fourth-order valence-corrected chi connectivity index (χ4v) is 4.14. The molecule has 0 saturated heterocycles. The van der Waals surface area contributed by atoms with Crippen molar-refractivity contribution in [1.29, 1.82) is 0 Å². The second-order valence-electron chi connectivity index (χ2n) is 5.60. The molecule has 130 valence electrons. The molecule has 1 amide bonds. The molecule has 0 fully saturated rings. The largest absolute Gasteiger partial charge is 0.493 e. The van der Waals surface area contributed by atoms with Crippen LogP contribution >= 0.6 is 22.9 Å². The van der Waals surface area contributed by atoms with Crippen molar-refractivity contribution in [3.05, 3.63) is 57.9 Å². The Morgan fingerprint density at radius 2 is 1.76 bits per heavy atom. The summed E-state index contributed by atoms with van der Waals surface area (Å²) in [4.78, 5) is 15.0. The Labute approximate surface area is 155 Å². The molecule has 0 saturated carbocycles. The molecule has 1 heterocycles. The molecule has 0 aliphatic carbocycles. The van der Waals surface area contributed by atoms with Crippen molar-refractivity contribution < 1.29 is 14.3 Å². The summed E-state index contributed by atoms with van der Waals surface area (Å²) < 4.78 is 11.5. The number of benzene rings is 2. The van der Waals surface area contributed by atoms with E-state index in [0.717, 1.165) is 15.6 Å². The van der Waals surface area contributed by atoms with Crippen molar-refractivity contribution >= 4 is 38.9 Å². The molecule has 0 aliphatic heterocycles. The molecule has 4 nitrogen and oxygen atoms in total. The molecule has 2 aromatic carbocycles. The van der Waals surface area contributed by atoms with Crippen LogP contribution in [-0.4, -0.2) is 32.1 Å². The maximum atomic E-state index is 12.8. The molecule has 0 atom stereocenters. The lowest BCUT2D eigenvalue weighted by atomic mass is 10.2. The van der Waals surface area contributed by atoms with E-state index >= 15 is 0 Å². The third-order valence-corrected chi connectivity index (χ3v) is 5.58. The number of nitrogens with zero attached hydrogens (tertiary/aromatic N) is 1. The van der Waals surface area contributed by atoms with Gasteiger partial charge in [0.15, 0.2) is 11.5 Å². The summed E-state index contributed by atoms with van der Waals surface area (Å²) in [6, 6.07) is 13.5. The zero-order valence-electron chi connectivity index (χ0n) is 14.2. The van der Waals surface area contributed by atoms with Gasteiger partial charge < -0.3 is 14.4 Å². The van der Waals surface area contributed by atoms with Gasteiger partial charge in [-0.3, -0.25) is 4.79 Å². The number of fused-ring (bicyclic) bond motifs is 1. The lowest BCUT2D eigenvalue weighted by Gasteiger charge is -2.16. The number of carbonyl (C=O) groups is 1. The Morgan fingerprint density at radius 1 is 1.12 bits per heavy atom. The highest BCUT2D eigenvalue weighted by molar-refractivity contribution is 7.21. The van der Waals surface area contributed by atoms with Crippen LogP contribution in [0.2, 0.25) is 5.02 Å². The van der Waals surface area contributed by atoms with Gasteiger partial charge in [0, 0.05) is 29.7 Å². The van der Waals surface area contributed by atoms with Crippen LogP contribution in [-0.2, 0) is 6.54 Å². The molecular formula is C19H18ClNO3S. The Morgan fingerprint density at radius 3 is 2.40 bits per heavy atom. The van der Waals surface area contributed by atoms with Gasteiger partial charge in [0.05, 0.1) is 19.2 Å². The van der Waals surface area contributed by atoms with E-state index in [1.54, 1.807) is 32.2 Å². The van der Waals surface area contributed by atoms with Crippen LogP contribution in [0.15, 0.2) is 42.5 Å². The average molecular weight is 376 g/mol. The van der Waals surface area contributed by atoms with Gasteiger partial charge in [0.25, 0.3) is 5.91 Å². The molecule has 25 heavy (non-hydrogen) atoms. The van der Waals surface area contributed by atoms with Gasteiger partial charge in [-0.25, -0.2) is 0 Å². The Hall–Kier alpha value is -2.24. The van der Waals surface area contributed by atoms with Gasteiger partial charge in [-0.15, -0.1) is 11.3 Å². The van der Waals surface area contributed by atoms with E-state index in [9.17, 15) is 4.79 Å². The van der Waals surface area contributed by atoms with Gasteiger partial charge in [0.1, 0.15) is 4.88 Å². The number of thiophene rings is 1. The molecule has 0 aliphatic rings. The molecular weight excluding hydrogens is 358 g/mol. The molecule has 0 spiro atoms. The minimum absolute atomic E-state index is 0.104. The summed E-state index contributed by atoms with van der Waals surface area (Å²) >= 11 is 7.85. The number of amides is 1. The van der Waals surface area contributed by atoms with E-state index < -0.39 is 0 Å². The summed E-state index contributed by atoms with van der Waals surface area (Å²) in [7, 11) is 4.93. The Balaban J connectivity index is 1.94. The van der Waals surface area contributed by atoms with Crippen LogP contribution in [0, 0.1) is 0 Å². The van der Waals surface area contributed by atoms with Gasteiger partial charge in [-0.2, -0.15) is 0 Å². The zero-order chi connectivity index (χ0) is 18.0. The number of carbonyl (C=O) groups excluding carboxylic acids is 1. The van der Waals surface area contributed by atoms with E-state index in [1.165, 1.54) is 11.3 Å². The summed E-state index contributed by atoms with van der Waals surface area (Å²) in [5.74, 6) is 1.10. The SMILES string of the molecule is COc1cc2sc(C(=O)N(C)Cc3ccccc3)c(Cl)c2cc1OC. The number of hydrogen-bond acceptors (Lipinski definition) is 4. The molecule has 3 aromatic rings. The van der Waals surface area contributed by atoms with E-state index in [2.05, 4.69) is 0 Å². The number of halogens is 1. The monoisotopic (exact) mass is 375 g/mol. The highest BCUT2D eigenvalue weighted by atomic mass is 35.5. The van der Waals surface area contributed by atoms with Crippen LogP contribution < -0.4 is 9.47 Å². The number of methoxy groups -OCH3 is 2. The van der Waals surface area contributed by atoms with Gasteiger partial charge in [-0.1, -0.05) is 41.9 Å². The second-order valence-corrected chi connectivity index (χ2v) is 7.03. The van der Waals surface area contributed by atoms with Crippen molar-refractivity contribution in [2.45, 2.75) is 6.54 Å². The van der Waals surface area contributed by atoms with Crippen molar-refractivity contribution in [1.82, 2.24) is 4.90 Å². The predicted octanol–water partition coefficient (Wildman–Crippen LogP) is 4.84. The summed E-state index contributed by atoms with van der Waals surface area (Å²) in [5, 5.41) is 1.24. The molecule has 0 N–H and O–H groups in total. The topological polar surface area (TPSA) is 38.8 Å². The first-order valence-corrected chi connectivity index (χ1v) is 8.88. The number of hydrogen-bond donors (Lipinski definition) is 0. The van der Waals surface area contributed by atoms with Crippen LogP contribution in [0.4, 0.5) is 0 Å². The van der Waals surface area contributed by atoms with Crippen LogP contribution in [0.3, 0.4) is 0 Å². The minimum atomic E-state index is -0.104. The van der Waals surface area contributed by atoms with Crippen molar-refractivity contribution in [3.8, 4) is 11.5 Å². The first-order chi connectivity index (χ1) is 12.0. The second kappa shape index (κ2) is 7.33. The summed E-state index contributed by atoms with van der Waals surface area (Å²) in [6.45, 7) is 0.525. The first-order valence-electron chi connectivity index (χ1n) is 7.68. The molecule has 1 aromatic heterocycles. The quantitative estimate of drug-likeness (QED) is 0.640. The van der Waals surface area contributed by atoms with E-state index in [1.807, 2.05) is 36.4 Å². The van der Waals surface area contributed by atoms with Crippen molar-refractivity contribution in [3.63, 3.8) is 0 Å². The normalized spacial score (nSPS) is 10.7. The first kappa shape index (κ1) is 17.6. The molecule has 0 radical (unpaired) electrons. The van der Waals surface area contributed by atoms with Crippen LogP contribution in [0.5, 0.6) is 11.5 Å². The zero-order valence-corrected chi connectivity index (χ0v) is 15.8. The van der Waals surface area contributed by atoms with E-state index in [4.69, 9.17) is 21.1 Å². The molecule has 0 bridgehead atoms. The van der Waals surface area contributed by atoms with Crippen LogP contribution in [0.1, 0.15) is 15.2 Å². The van der Waals surface area contributed by atoms with Gasteiger partial charge in [0.2, 0.25) is 0 Å². The van der Waals surface area contributed by atoms with E-state index in [0.29, 0.717) is 27.9 Å². The van der Waals surface area contributed by atoms with Crippen LogP contribution in [0.25, 0.3) is 10.1 Å². The predicted molar refractivity (Wildman–Crippen MR) is 102 cm³/mol. The summed E-state index contributed by atoms with van der Waals surface area (Å²) in [5.41, 5.74) is 1.07. The number of ether oxygens (including phenoxy) is 2. The maximum absolute atomic E-state index is 12.8. The highest BCUT2D eigenvalue weighted by Gasteiger charge is 2.22. The highest BCUT2D eigenvalue weighted by Crippen LogP contribution is 2.42. The fourth-order valence-electron chi connectivity index (χ4n) is 2.63. The van der Waals surface area contributed by atoms with Crippen molar-refractivity contribution in [2.24, 2.45) is 0 Å². The molecule has 6 heteroatoms. The third kappa shape index (κ3) is 3.43. The van der Waals surface area contributed by atoms with Gasteiger partial charge >= 0.3 is 0 Å². The third-order valence-electron chi connectivity index (χ3n) is 3.94. The Kier molecular flexibility index (Phi) is 5.16. The van der Waals surface area contributed by atoms with E-state index in [-0.39, 0.29) is 5.91 Å². The minimum Gasteiger partial charge on any atom is -0.493 e. The molecule has 3 rings (SSSR count). The summed E-state index contributed by atoms with van der Waals surface area (Å²) in [6.07, 6.45) is 0. The lowest BCUT2D eigenvalue weighted by molar-refractivity contribution is 0.0790. The average Bonchev–Trinajstić information content (AvgIpc) is 2.96.